The third-order valence-corrected chi connectivity index (χ3v) is 3.73. The maximum atomic E-state index is 4.77. The number of rotatable bonds is 5. The fourth-order valence-electron chi connectivity index (χ4n) is 2.73. The first-order valence-corrected chi connectivity index (χ1v) is 7.53. The molecular weight excluding hydrogens is 246 g/mol. The van der Waals surface area contributed by atoms with Crippen molar-refractivity contribution in [1.29, 1.82) is 0 Å². The molecule has 1 aliphatic rings. The van der Waals surface area contributed by atoms with Crippen molar-refractivity contribution < 1.29 is 0 Å². The molecule has 20 heavy (non-hydrogen) atoms. The van der Waals surface area contributed by atoms with Gasteiger partial charge in [0.2, 0.25) is 0 Å². The van der Waals surface area contributed by atoms with Gasteiger partial charge in [-0.2, -0.15) is 0 Å². The molecule has 0 amide bonds. The van der Waals surface area contributed by atoms with Crippen LogP contribution in [0.15, 0.2) is 30.3 Å². The first-order chi connectivity index (χ1) is 9.86. The summed E-state index contributed by atoms with van der Waals surface area (Å²) >= 11 is 0. The van der Waals surface area contributed by atoms with E-state index in [1.165, 1.54) is 23.2 Å². The quantitative estimate of drug-likeness (QED) is 0.902. The van der Waals surface area contributed by atoms with E-state index in [-0.39, 0.29) is 0 Å². The Bertz CT molecular complexity index is 578. The van der Waals surface area contributed by atoms with Crippen LogP contribution in [-0.2, 0) is 19.3 Å². The largest absolute Gasteiger partial charge is 0.370 e. The number of hydrogen-bond donors (Lipinski definition) is 1. The summed E-state index contributed by atoms with van der Waals surface area (Å²) in [5.74, 6) is 2.01. The molecule has 0 bridgehead atoms. The molecule has 0 saturated heterocycles. The second-order valence-corrected chi connectivity index (χ2v) is 5.36. The average molecular weight is 267 g/mol. The highest BCUT2D eigenvalue weighted by Crippen LogP contribution is 2.26. The fourth-order valence-corrected chi connectivity index (χ4v) is 2.73. The Morgan fingerprint density at radius 1 is 1.10 bits per heavy atom. The van der Waals surface area contributed by atoms with Crippen molar-refractivity contribution in [1.82, 2.24) is 9.97 Å². The maximum Gasteiger partial charge on any atom is 0.135 e. The predicted octanol–water partition coefficient (Wildman–Crippen LogP) is 3.38. The number of fused-ring (bicyclic) bond motifs is 1. The van der Waals surface area contributed by atoms with Crippen LogP contribution in [0, 0.1) is 0 Å². The third-order valence-electron chi connectivity index (χ3n) is 3.73. The Hall–Kier alpha value is -1.90. The van der Waals surface area contributed by atoms with Crippen LogP contribution in [-0.4, -0.2) is 16.5 Å². The Morgan fingerprint density at radius 2 is 1.95 bits per heavy atom. The van der Waals surface area contributed by atoms with Crippen LogP contribution >= 0.6 is 0 Å². The highest BCUT2D eigenvalue weighted by molar-refractivity contribution is 5.49. The van der Waals surface area contributed by atoms with Crippen molar-refractivity contribution in [2.24, 2.45) is 0 Å². The molecule has 0 spiro atoms. The van der Waals surface area contributed by atoms with Gasteiger partial charge in [0.15, 0.2) is 0 Å². The second kappa shape index (κ2) is 6.04. The van der Waals surface area contributed by atoms with Crippen molar-refractivity contribution in [3.8, 4) is 0 Å². The van der Waals surface area contributed by atoms with Crippen LogP contribution in [0.5, 0.6) is 0 Å². The van der Waals surface area contributed by atoms with Crippen molar-refractivity contribution in [2.75, 3.05) is 11.9 Å². The number of nitrogens with one attached hydrogen (secondary N) is 1. The summed E-state index contributed by atoms with van der Waals surface area (Å²) in [6.07, 6.45) is 5.36. The SMILES string of the molecule is CCCNc1nc(Cc2ccccc2)nc2c1CCC2. The summed E-state index contributed by atoms with van der Waals surface area (Å²) in [6.45, 7) is 3.16. The van der Waals surface area contributed by atoms with E-state index in [0.717, 1.165) is 43.9 Å². The van der Waals surface area contributed by atoms with E-state index in [9.17, 15) is 0 Å². The van der Waals surface area contributed by atoms with Gasteiger partial charge in [-0.1, -0.05) is 37.3 Å². The number of anilines is 1. The molecule has 1 heterocycles. The summed E-state index contributed by atoms with van der Waals surface area (Å²) in [5, 5.41) is 3.47. The molecule has 3 rings (SSSR count). The Labute approximate surface area is 120 Å². The molecule has 3 heteroatoms. The van der Waals surface area contributed by atoms with Gasteiger partial charge in [0, 0.05) is 24.2 Å². The zero-order chi connectivity index (χ0) is 13.8. The molecule has 104 valence electrons. The molecule has 0 radical (unpaired) electrons. The normalized spacial score (nSPS) is 13.2. The molecule has 3 nitrogen and oxygen atoms in total. The Morgan fingerprint density at radius 3 is 2.75 bits per heavy atom. The van der Waals surface area contributed by atoms with E-state index in [0.29, 0.717) is 0 Å². The maximum absolute atomic E-state index is 4.77. The topological polar surface area (TPSA) is 37.8 Å². The van der Waals surface area contributed by atoms with Gasteiger partial charge < -0.3 is 5.32 Å². The van der Waals surface area contributed by atoms with Gasteiger partial charge in [-0.3, -0.25) is 0 Å². The van der Waals surface area contributed by atoms with Gasteiger partial charge in [0.25, 0.3) is 0 Å². The molecule has 2 aromatic rings. The van der Waals surface area contributed by atoms with E-state index in [1.807, 2.05) is 6.07 Å². The highest BCUT2D eigenvalue weighted by Gasteiger charge is 2.19. The van der Waals surface area contributed by atoms with Crippen molar-refractivity contribution in [3.05, 3.63) is 53.0 Å². The molecule has 1 N–H and O–H groups in total. The summed E-state index contributed by atoms with van der Waals surface area (Å²) in [5.41, 5.74) is 3.87. The second-order valence-electron chi connectivity index (χ2n) is 5.36. The van der Waals surface area contributed by atoms with Crippen LogP contribution < -0.4 is 5.32 Å². The van der Waals surface area contributed by atoms with Gasteiger partial charge in [-0.05, 0) is 31.2 Å². The zero-order valence-electron chi connectivity index (χ0n) is 12.0. The lowest BCUT2D eigenvalue weighted by atomic mass is 10.1. The Kier molecular flexibility index (Phi) is 3.95. The third kappa shape index (κ3) is 2.82. The van der Waals surface area contributed by atoms with Crippen LogP contribution in [0.4, 0.5) is 5.82 Å². The molecule has 1 aromatic carbocycles. The summed E-state index contributed by atoms with van der Waals surface area (Å²) in [7, 11) is 0. The molecule has 0 atom stereocenters. The monoisotopic (exact) mass is 267 g/mol. The van der Waals surface area contributed by atoms with Crippen LogP contribution in [0.2, 0.25) is 0 Å². The minimum atomic E-state index is 0.814. The predicted molar refractivity (Wildman–Crippen MR) is 82.1 cm³/mol. The van der Waals surface area contributed by atoms with Gasteiger partial charge >= 0.3 is 0 Å². The zero-order valence-corrected chi connectivity index (χ0v) is 12.0. The molecule has 0 aliphatic heterocycles. The first-order valence-electron chi connectivity index (χ1n) is 7.53. The average Bonchev–Trinajstić information content (AvgIpc) is 2.94. The number of hydrogen-bond acceptors (Lipinski definition) is 3. The molecule has 0 saturated carbocycles. The van der Waals surface area contributed by atoms with Crippen LogP contribution in [0.25, 0.3) is 0 Å². The fraction of sp³-hybridized carbons (Fsp3) is 0.412. The number of aryl methyl sites for hydroxylation is 1. The lowest BCUT2D eigenvalue weighted by Gasteiger charge is -2.11. The number of aromatic nitrogens is 2. The van der Waals surface area contributed by atoms with Crippen LogP contribution in [0.3, 0.4) is 0 Å². The molecule has 0 unspecified atom stereocenters. The minimum absolute atomic E-state index is 0.814. The lowest BCUT2D eigenvalue weighted by Crippen LogP contribution is -2.10. The van der Waals surface area contributed by atoms with E-state index >= 15 is 0 Å². The molecule has 1 aromatic heterocycles. The Balaban J connectivity index is 1.88. The van der Waals surface area contributed by atoms with Crippen molar-refractivity contribution in [3.63, 3.8) is 0 Å². The molecule has 1 aliphatic carbocycles. The van der Waals surface area contributed by atoms with Gasteiger partial charge in [0.1, 0.15) is 11.6 Å². The van der Waals surface area contributed by atoms with Crippen molar-refractivity contribution >= 4 is 5.82 Å². The smallest absolute Gasteiger partial charge is 0.135 e. The lowest BCUT2D eigenvalue weighted by molar-refractivity contribution is 0.884. The van der Waals surface area contributed by atoms with E-state index in [2.05, 4.69) is 36.5 Å². The standard InChI is InChI=1S/C17H21N3/c1-2-11-18-17-14-9-6-10-15(14)19-16(20-17)12-13-7-4-3-5-8-13/h3-5,7-8H,2,6,9-12H2,1H3,(H,18,19,20). The highest BCUT2D eigenvalue weighted by atomic mass is 15.0. The summed E-state index contributed by atoms with van der Waals surface area (Å²) in [4.78, 5) is 9.52. The number of benzene rings is 1. The van der Waals surface area contributed by atoms with E-state index < -0.39 is 0 Å². The van der Waals surface area contributed by atoms with Gasteiger partial charge in [0.05, 0.1) is 0 Å². The summed E-state index contributed by atoms with van der Waals surface area (Å²) < 4.78 is 0. The first kappa shape index (κ1) is 13.1. The summed E-state index contributed by atoms with van der Waals surface area (Å²) in [6, 6.07) is 10.4. The van der Waals surface area contributed by atoms with Gasteiger partial charge in [-0.25, -0.2) is 9.97 Å². The van der Waals surface area contributed by atoms with Crippen LogP contribution in [0.1, 0.15) is 42.4 Å². The van der Waals surface area contributed by atoms with Crippen molar-refractivity contribution in [2.45, 2.75) is 39.0 Å². The minimum Gasteiger partial charge on any atom is -0.370 e. The molecule has 0 fully saturated rings. The number of nitrogens with zero attached hydrogens (tertiary/aromatic N) is 2. The van der Waals surface area contributed by atoms with E-state index in [4.69, 9.17) is 9.97 Å². The van der Waals surface area contributed by atoms with E-state index in [1.54, 1.807) is 0 Å². The molecular formula is C17H21N3. The van der Waals surface area contributed by atoms with Gasteiger partial charge in [-0.15, -0.1) is 0 Å².